The van der Waals surface area contributed by atoms with Crippen LogP contribution >= 0.6 is 0 Å². The van der Waals surface area contributed by atoms with E-state index in [4.69, 9.17) is 4.74 Å². The largest absolute Gasteiger partial charge is 0.448 e. The van der Waals surface area contributed by atoms with Crippen molar-refractivity contribution in [1.29, 1.82) is 0 Å². The molecule has 2 N–H and O–H groups in total. The monoisotopic (exact) mass is 321 g/mol. The third-order valence-electron chi connectivity index (χ3n) is 4.61. The number of ether oxygens (including phenoxy) is 1. The van der Waals surface area contributed by atoms with Crippen LogP contribution in [0.2, 0.25) is 0 Å². The molecule has 124 valence electrons. The molecular weight excluding hydrogens is 301 g/mol. The Bertz CT molecular complexity index is 625. The summed E-state index contributed by atoms with van der Waals surface area (Å²) in [5, 5.41) is 13.1. The summed E-state index contributed by atoms with van der Waals surface area (Å²) in [4.78, 5) is 24.1. The number of amides is 1. The molecule has 23 heavy (non-hydrogen) atoms. The Morgan fingerprint density at radius 3 is 2.83 bits per heavy atom. The molecule has 0 aromatic heterocycles. The third kappa shape index (κ3) is 3.52. The first-order valence-corrected chi connectivity index (χ1v) is 7.96. The molecular formula is C17H20FNO4. The van der Waals surface area contributed by atoms with Gasteiger partial charge >= 0.3 is 5.97 Å². The second-order valence-corrected chi connectivity index (χ2v) is 6.40. The minimum absolute atomic E-state index is 0.163. The maximum absolute atomic E-state index is 13.2. The Labute approximate surface area is 133 Å². The summed E-state index contributed by atoms with van der Waals surface area (Å²) in [7, 11) is 0. The van der Waals surface area contributed by atoms with Crippen LogP contribution in [0.15, 0.2) is 18.2 Å². The smallest absolute Gasteiger partial charge is 0.339 e. The van der Waals surface area contributed by atoms with Gasteiger partial charge in [0.05, 0.1) is 11.2 Å². The van der Waals surface area contributed by atoms with Crippen LogP contribution in [-0.4, -0.2) is 35.2 Å². The van der Waals surface area contributed by atoms with E-state index in [-0.39, 0.29) is 18.5 Å². The van der Waals surface area contributed by atoms with E-state index in [1.54, 1.807) is 0 Å². The molecule has 3 rings (SSSR count). The van der Waals surface area contributed by atoms with Gasteiger partial charge in [0.25, 0.3) is 5.91 Å². The quantitative estimate of drug-likeness (QED) is 0.831. The molecule has 1 unspecified atom stereocenters. The molecule has 0 radical (unpaired) electrons. The number of aliphatic hydroxyl groups is 1. The fourth-order valence-electron chi connectivity index (χ4n) is 3.25. The van der Waals surface area contributed by atoms with Crippen molar-refractivity contribution in [3.63, 3.8) is 0 Å². The zero-order valence-electron chi connectivity index (χ0n) is 12.8. The average molecular weight is 321 g/mol. The van der Waals surface area contributed by atoms with Crippen molar-refractivity contribution in [1.82, 2.24) is 5.32 Å². The van der Waals surface area contributed by atoms with Gasteiger partial charge in [-0.05, 0) is 30.5 Å². The molecule has 1 aliphatic heterocycles. The molecule has 0 spiro atoms. The summed E-state index contributed by atoms with van der Waals surface area (Å²) in [6, 6.07) is 3.88. The SMILES string of the molecule is O=C1OC(C(=O)NCC2(O)CCCCC2)Cc2ccc(F)cc21. The molecule has 0 saturated heterocycles. The number of carbonyl (C=O) groups excluding carboxylic acids is 2. The predicted octanol–water partition coefficient (Wildman–Crippen LogP) is 1.72. The van der Waals surface area contributed by atoms with Crippen molar-refractivity contribution in [2.24, 2.45) is 0 Å². The van der Waals surface area contributed by atoms with Crippen LogP contribution in [0, 0.1) is 5.82 Å². The molecule has 6 heteroatoms. The average Bonchev–Trinajstić information content (AvgIpc) is 2.54. The standard InChI is InChI=1S/C17H20FNO4/c18-12-5-4-11-8-14(23-16(21)13(11)9-12)15(20)19-10-17(22)6-2-1-3-7-17/h4-5,9,14,22H,1-3,6-8,10H2,(H,19,20). The maximum Gasteiger partial charge on any atom is 0.339 e. The number of nitrogens with one attached hydrogen (secondary N) is 1. The molecule has 1 saturated carbocycles. The van der Waals surface area contributed by atoms with E-state index >= 15 is 0 Å². The van der Waals surface area contributed by atoms with E-state index in [0.29, 0.717) is 18.4 Å². The molecule has 1 fully saturated rings. The highest BCUT2D eigenvalue weighted by Gasteiger charge is 2.34. The zero-order chi connectivity index (χ0) is 16.4. The number of benzene rings is 1. The normalized spacial score (nSPS) is 22.9. The first-order chi connectivity index (χ1) is 11.0. The van der Waals surface area contributed by atoms with Crippen molar-refractivity contribution in [3.05, 3.63) is 35.1 Å². The van der Waals surface area contributed by atoms with Gasteiger partial charge in [0.1, 0.15) is 5.82 Å². The fraction of sp³-hybridized carbons (Fsp3) is 0.529. The van der Waals surface area contributed by atoms with Crippen LogP contribution in [0.5, 0.6) is 0 Å². The van der Waals surface area contributed by atoms with Crippen molar-refractivity contribution in [2.45, 2.75) is 50.2 Å². The first kappa shape index (κ1) is 15.9. The summed E-state index contributed by atoms with van der Waals surface area (Å²) < 4.78 is 18.3. The Kier molecular flexibility index (Phi) is 4.35. The topological polar surface area (TPSA) is 75.6 Å². The second-order valence-electron chi connectivity index (χ2n) is 6.40. The van der Waals surface area contributed by atoms with Gasteiger partial charge in [-0.1, -0.05) is 25.3 Å². The Morgan fingerprint density at radius 1 is 1.35 bits per heavy atom. The van der Waals surface area contributed by atoms with Crippen LogP contribution in [0.4, 0.5) is 4.39 Å². The zero-order valence-corrected chi connectivity index (χ0v) is 12.8. The third-order valence-corrected chi connectivity index (χ3v) is 4.61. The Morgan fingerprint density at radius 2 is 2.09 bits per heavy atom. The van der Waals surface area contributed by atoms with Gasteiger partial charge < -0.3 is 15.2 Å². The number of cyclic esters (lactones) is 1. The van der Waals surface area contributed by atoms with Crippen LogP contribution < -0.4 is 5.32 Å². The highest BCUT2D eigenvalue weighted by molar-refractivity contribution is 5.95. The molecule has 1 atom stereocenters. The second kappa shape index (κ2) is 6.28. The number of hydrogen-bond acceptors (Lipinski definition) is 4. The van der Waals surface area contributed by atoms with E-state index in [1.807, 2.05) is 0 Å². The molecule has 5 nitrogen and oxygen atoms in total. The van der Waals surface area contributed by atoms with Gasteiger partial charge in [-0.2, -0.15) is 0 Å². The lowest BCUT2D eigenvalue weighted by molar-refractivity contribution is -0.131. The molecule has 1 aromatic carbocycles. The van der Waals surface area contributed by atoms with Gasteiger partial charge in [-0.15, -0.1) is 0 Å². The highest BCUT2D eigenvalue weighted by Crippen LogP contribution is 2.27. The fourth-order valence-corrected chi connectivity index (χ4v) is 3.25. The number of halogens is 1. The summed E-state index contributed by atoms with van der Waals surface area (Å²) in [5.74, 6) is -1.63. The van der Waals surface area contributed by atoms with E-state index in [0.717, 1.165) is 25.3 Å². The Balaban J connectivity index is 1.62. The Hall–Kier alpha value is -1.95. The molecule has 1 amide bonds. The molecule has 2 aliphatic rings. The van der Waals surface area contributed by atoms with Gasteiger partial charge in [-0.25, -0.2) is 9.18 Å². The number of hydrogen-bond donors (Lipinski definition) is 2. The minimum atomic E-state index is -0.937. The number of rotatable bonds is 3. The summed E-state index contributed by atoms with van der Waals surface area (Å²) in [6.07, 6.45) is 3.61. The van der Waals surface area contributed by atoms with E-state index in [2.05, 4.69) is 5.32 Å². The van der Waals surface area contributed by atoms with Crippen LogP contribution in [-0.2, 0) is 16.0 Å². The minimum Gasteiger partial charge on any atom is -0.448 e. The van der Waals surface area contributed by atoms with Gasteiger partial charge in [0.2, 0.25) is 0 Å². The number of esters is 1. The summed E-state index contributed by atoms with van der Waals surface area (Å²) >= 11 is 0. The van der Waals surface area contributed by atoms with Gasteiger partial charge in [0.15, 0.2) is 6.10 Å². The number of fused-ring (bicyclic) bond motifs is 1. The van der Waals surface area contributed by atoms with Crippen molar-refractivity contribution in [3.8, 4) is 0 Å². The van der Waals surface area contributed by atoms with E-state index in [9.17, 15) is 19.1 Å². The molecule has 1 heterocycles. The molecule has 1 aromatic rings. The van der Waals surface area contributed by atoms with Crippen molar-refractivity contribution < 1.29 is 23.8 Å². The van der Waals surface area contributed by atoms with E-state index in [1.165, 1.54) is 12.1 Å². The van der Waals surface area contributed by atoms with Crippen molar-refractivity contribution in [2.75, 3.05) is 6.54 Å². The lowest BCUT2D eigenvalue weighted by Gasteiger charge is -2.33. The lowest BCUT2D eigenvalue weighted by Crippen LogP contribution is -2.49. The van der Waals surface area contributed by atoms with Crippen LogP contribution in [0.1, 0.15) is 48.0 Å². The lowest BCUT2D eigenvalue weighted by atomic mass is 9.85. The first-order valence-electron chi connectivity index (χ1n) is 7.96. The summed E-state index contributed by atoms with van der Waals surface area (Å²) in [6.45, 7) is 0.163. The predicted molar refractivity (Wildman–Crippen MR) is 80.4 cm³/mol. The van der Waals surface area contributed by atoms with Crippen LogP contribution in [0.25, 0.3) is 0 Å². The molecule has 1 aliphatic carbocycles. The van der Waals surface area contributed by atoms with E-state index < -0.39 is 29.4 Å². The van der Waals surface area contributed by atoms with Crippen molar-refractivity contribution >= 4 is 11.9 Å². The summed E-state index contributed by atoms with van der Waals surface area (Å²) in [5.41, 5.74) is -0.104. The van der Waals surface area contributed by atoms with Gasteiger partial charge in [0, 0.05) is 13.0 Å². The van der Waals surface area contributed by atoms with Crippen LogP contribution in [0.3, 0.4) is 0 Å². The molecule has 0 bridgehead atoms. The van der Waals surface area contributed by atoms with Gasteiger partial charge in [-0.3, -0.25) is 4.79 Å². The highest BCUT2D eigenvalue weighted by atomic mass is 19.1. The number of carbonyl (C=O) groups is 2. The maximum atomic E-state index is 13.2.